The zero-order chi connectivity index (χ0) is 18.9. The molecule has 0 bridgehead atoms. The largest absolute Gasteiger partial charge is 0.386 e. The van der Waals surface area contributed by atoms with Gasteiger partial charge in [0.1, 0.15) is 11.9 Å². The van der Waals surface area contributed by atoms with Crippen LogP contribution in [-0.4, -0.2) is 60.6 Å². The number of rotatable bonds is 7. The normalized spacial score (nSPS) is 17.1. The van der Waals surface area contributed by atoms with E-state index in [9.17, 15) is 14.3 Å². The second-order valence-electron chi connectivity index (χ2n) is 6.42. The molecule has 0 aliphatic carbocycles. The zero-order valence-corrected chi connectivity index (χ0v) is 17.9. The van der Waals surface area contributed by atoms with Gasteiger partial charge in [-0.25, -0.2) is 4.39 Å². The number of hydrogen-bond donors (Lipinski definition) is 4. The Kier molecular flexibility index (Phi) is 10.6. The van der Waals surface area contributed by atoms with E-state index in [0.717, 1.165) is 25.9 Å². The smallest absolute Gasteiger partial charge is 0.231 e. The Morgan fingerprint density at radius 2 is 2.07 bits per heavy atom. The van der Waals surface area contributed by atoms with Crippen LogP contribution in [0.5, 0.6) is 0 Å². The first-order chi connectivity index (χ1) is 12.5. The Balaban J connectivity index is 0.00000364. The topological polar surface area (TPSA) is 103 Å². The van der Waals surface area contributed by atoms with E-state index in [2.05, 4.69) is 15.6 Å². The Labute approximate surface area is 176 Å². The molecule has 1 aliphatic rings. The molecule has 0 aromatic heterocycles. The van der Waals surface area contributed by atoms with Crippen molar-refractivity contribution >= 4 is 35.8 Å². The number of piperidine rings is 1. The minimum Gasteiger partial charge on any atom is -0.386 e. The summed E-state index contributed by atoms with van der Waals surface area (Å²) >= 11 is 0. The van der Waals surface area contributed by atoms with Crippen LogP contribution in [0.25, 0.3) is 0 Å². The second kappa shape index (κ2) is 12.1. The zero-order valence-electron chi connectivity index (χ0n) is 15.5. The lowest BCUT2D eigenvalue weighted by atomic mass is 10.1. The van der Waals surface area contributed by atoms with Gasteiger partial charge in [-0.2, -0.15) is 0 Å². The van der Waals surface area contributed by atoms with Gasteiger partial charge >= 0.3 is 0 Å². The lowest BCUT2D eigenvalue weighted by molar-refractivity contribution is -0.119. The minimum absolute atomic E-state index is 0. The van der Waals surface area contributed by atoms with Gasteiger partial charge in [-0.15, -0.1) is 24.0 Å². The third-order valence-corrected chi connectivity index (χ3v) is 4.34. The number of carbonyl (C=O) groups excluding carboxylic acids is 1. The number of nitrogens with one attached hydrogen (secondary N) is 2. The molecule has 5 N–H and O–H groups in total. The molecule has 1 unspecified atom stereocenters. The molecule has 0 spiro atoms. The van der Waals surface area contributed by atoms with Crippen LogP contribution in [0.1, 0.15) is 31.4 Å². The summed E-state index contributed by atoms with van der Waals surface area (Å²) in [5.41, 5.74) is 5.47. The van der Waals surface area contributed by atoms with E-state index < -0.39 is 11.9 Å². The molecule has 9 heteroatoms. The second-order valence-corrected chi connectivity index (χ2v) is 6.42. The van der Waals surface area contributed by atoms with Crippen LogP contribution in [0.3, 0.4) is 0 Å². The molecule has 1 aromatic carbocycles. The van der Waals surface area contributed by atoms with Crippen molar-refractivity contribution in [2.75, 3.05) is 32.7 Å². The number of guanidine groups is 1. The van der Waals surface area contributed by atoms with Crippen molar-refractivity contribution in [3.8, 4) is 0 Å². The van der Waals surface area contributed by atoms with Gasteiger partial charge in [0, 0.05) is 31.2 Å². The number of nitrogens with two attached hydrogens (primary N) is 1. The summed E-state index contributed by atoms with van der Waals surface area (Å²) in [6, 6.07) is 6.39. The van der Waals surface area contributed by atoms with Crippen LogP contribution in [0.15, 0.2) is 29.3 Å². The maximum Gasteiger partial charge on any atom is 0.231 e. The average molecular weight is 493 g/mol. The van der Waals surface area contributed by atoms with Gasteiger partial charge in [-0.3, -0.25) is 14.7 Å². The summed E-state index contributed by atoms with van der Waals surface area (Å²) in [5, 5.41) is 16.7. The highest BCUT2D eigenvalue weighted by molar-refractivity contribution is 14.0. The van der Waals surface area contributed by atoms with Crippen LogP contribution < -0.4 is 16.4 Å². The Morgan fingerprint density at radius 1 is 1.41 bits per heavy atom. The number of primary amides is 1. The van der Waals surface area contributed by atoms with Crippen LogP contribution in [-0.2, 0) is 4.79 Å². The van der Waals surface area contributed by atoms with Crippen molar-refractivity contribution in [2.24, 2.45) is 10.7 Å². The molecule has 0 radical (unpaired) electrons. The van der Waals surface area contributed by atoms with Crippen LogP contribution in [0, 0.1) is 5.82 Å². The molecule has 1 saturated heterocycles. The first-order valence-electron chi connectivity index (χ1n) is 8.97. The lowest BCUT2D eigenvalue weighted by Gasteiger charge is -2.32. The van der Waals surface area contributed by atoms with E-state index in [1.165, 1.54) is 6.07 Å². The highest BCUT2D eigenvalue weighted by Gasteiger charge is 2.21. The number of nitrogens with zero attached hydrogens (tertiary/aromatic N) is 2. The summed E-state index contributed by atoms with van der Waals surface area (Å²) in [6.45, 7) is 4.57. The van der Waals surface area contributed by atoms with Crippen molar-refractivity contribution in [3.63, 3.8) is 0 Å². The van der Waals surface area contributed by atoms with Gasteiger partial charge in [0.25, 0.3) is 0 Å². The molecule has 1 amide bonds. The fourth-order valence-electron chi connectivity index (χ4n) is 2.99. The van der Waals surface area contributed by atoms with E-state index in [0.29, 0.717) is 12.5 Å². The number of amides is 1. The molecule has 1 atom stereocenters. The van der Waals surface area contributed by atoms with Crippen molar-refractivity contribution in [1.82, 2.24) is 15.5 Å². The Hall–Kier alpha value is -1.46. The number of aliphatic imine (C=N–C) groups is 1. The molecule has 2 rings (SSSR count). The van der Waals surface area contributed by atoms with Gasteiger partial charge in [0.05, 0.1) is 13.1 Å². The highest BCUT2D eigenvalue weighted by atomic mass is 127. The molecule has 1 fully saturated rings. The van der Waals surface area contributed by atoms with Gasteiger partial charge in [0.2, 0.25) is 5.91 Å². The molecule has 1 aliphatic heterocycles. The van der Waals surface area contributed by atoms with Crippen LogP contribution in [0.2, 0.25) is 0 Å². The number of benzene rings is 1. The first kappa shape index (κ1) is 23.6. The van der Waals surface area contributed by atoms with Crippen LogP contribution >= 0.6 is 24.0 Å². The molecule has 0 saturated carbocycles. The van der Waals surface area contributed by atoms with Gasteiger partial charge < -0.3 is 21.5 Å². The third-order valence-electron chi connectivity index (χ3n) is 4.34. The highest BCUT2D eigenvalue weighted by Crippen LogP contribution is 2.16. The van der Waals surface area contributed by atoms with E-state index >= 15 is 0 Å². The van der Waals surface area contributed by atoms with Gasteiger partial charge in [0.15, 0.2) is 5.96 Å². The summed E-state index contributed by atoms with van der Waals surface area (Å²) in [7, 11) is 0. The molecule has 152 valence electrons. The average Bonchev–Trinajstić information content (AvgIpc) is 2.61. The number of hydrogen-bond acceptors (Lipinski definition) is 4. The molecule has 27 heavy (non-hydrogen) atoms. The number of aliphatic hydroxyl groups is 1. The molecule has 1 aromatic rings. The number of carbonyl (C=O) groups is 1. The molecular weight excluding hydrogens is 464 g/mol. The van der Waals surface area contributed by atoms with Crippen LogP contribution in [0.4, 0.5) is 4.39 Å². The van der Waals surface area contributed by atoms with Gasteiger partial charge in [-0.1, -0.05) is 18.2 Å². The minimum atomic E-state index is -0.996. The maximum atomic E-state index is 13.7. The summed E-state index contributed by atoms with van der Waals surface area (Å²) in [6.07, 6.45) is 0.741. The lowest BCUT2D eigenvalue weighted by Crippen LogP contribution is -2.49. The van der Waals surface area contributed by atoms with Crippen molar-refractivity contribution in [1.29, 1.82) is 0 Å². The quantitative estimate of drug-likeness (QED) is 0.258. The predicted octanol–water partition coefficient (Wildman–Crippen LogP) is 0.982. The predicted molar refractivity (Wildman–Crippen MR) is 115 cm³/mol. The van der Waals surface area contributed by atoms with E-state index in [1.54, 1.807) is 18.2 Å². The monoisotopic (exact) mass is 493 g/mol. The SMILES string of the molecule is CCNC(=NCC(O)c1ccccc1F)NC1CCN(CC(N)=O)CC1.I. The summed E-state index contributed by atoms with van der Waals surface area (Å²) in [5.74, 6) is -0.153. The molecular formula is C18H29FIN5O2. The van der Waals surface area contributed by atoms with Crippen molar-refractivity contribution in [3.05, 3.63) is 35.6 Å². The van der Waals surface area contributed by atoms with Gasteiger partial charge in [-0.05, 0) is 25.8 Å². The third kappa shape index (κ3) is 7.97. The number of halogens is 2. The fourth-order valence-corrected chi connectivity index (χ4v) is 2.99. The maximum absolute atomic E-state index is 13.7. The van der Waals surface area contributed by atoms with Crippen molar-refractivity contribution < 1.29 is 14.3 Å². The van der Waals surface area contributed by atoms with E-state index in [4.69, 9.17) is 5.73 Å². The Morgan fingerprint density at radius 3 is 2.67 bits per heavy atom. The Bertz CT molecular complexity index is 624. The summed E-state index contributed by atoms with van der Waals surface area (Å²) in [4.78, 5) is 17.4. The van der Waals surface area contributed by atoms with E-state index in [-0.39, 0.29) is 54.6 Å². The standard InChI is InChI=1S/C18H28FN5O2.HI/c1-2-21-18(22-11-16(25)14-5-3-4-6-15(14)19)23-13-7-9-24(10-8-13)12-17(20)26;/h3-6,13,16,25H,2,7-12H2,1H3,(H2,20,26)(H2,21,22,23);1H. The number of likely N-dealkylation sites (tertiary alicyclic amines) is 1. The van der Waals surface area contributed by atoms with Crippen molar-refractivity contribution in [2.45, 2.75) is 31.9 Å². The molecule has 1 heterocycles. The number of aliphatic hydroxyl groups excluding tert-OH is 1. The fraction of sp³-hybridized carbons (Fsp3) is 0.556. The molecule has 7 nitrogen and oxygen atoms in total. The summed E-state index contributed by atoms with van der Waals surface area (Å²) < 4.78 is 13.7. The first-order valence-corrected chi connectivity index (χ1v) is 8.97. The van der Waals surface area contributed by atoms with E-state index in [1.807, 2.05) is 11.8 Å².